The van der Waals surface area contributed by atoms with E-state index in [0.29, 0.717) is 23.9 Å². The molecule has 2 aromatic carbocycles. The predicted molar refractivity (Wildman–Crippen MR) is 118 cm³/mol. The standard InChI is InChI=1S/C21H26Cl2N2O2S/c1-4-14-25(15-5-2)21(20(23)17-8-6-16(3)7-9-17)24-28(26,27)19-12-10-18(22)11-13-19/h6-13,20H,4-5,14-15H2,1-3H3/b24-21-. The lowest BCUT2D eigenvalue weighted by Crippen LogP contribution is -2.36. The van der Waals surface area contributed by atoms with Crippen LogP contribution in [0.25, 0.3) is 0 Å². The van der Waals surface area contributed by atoms with Gasteiger partial charge in [0.2, 0.25) is 0 Å². The fourth-order valence-corrected chi connectivity index (χ4v) is 4.38. The molecule has 0 heterocycles. The fourth-order valence-electron chi connectivity index (χ4n) is 2.81. The number of hydrogen-bond donors (Lipinski definition) is 0. The first-order chi connectivity index (χ1) is 13.3. The lowest BCUT2D eigenvalue weighted by atomic mass is 10.1. The number of halogens is 2. The van der Waals surface area contributed by atoms with Gasteiger partial charge in [-0.15, -0.1) is 16.0 Å². The maximum atomic E-state index is 12.9. The summed E-state index contributed by atoms with van der Waals surface area (Å²) in [4.78, 5) is 2.06. The summed E-state index contributed by atoms with van der Waals surface area (Å²) in [6, 6.07) is 13.7. The second-order valence-electron chi connectivity index (χ2n) is 6.64. The van der Waals surface area contributed by atoms with E-state index in [9.17, 15) is 8.42 Å². The molecule has 1 unspecified atom stereocenters. The van der Waals surface area contributed by atoms with Gasteiger partial charge in [-0.1, -0.05) is 55.3 Å². The van der Waals surface area contributed by atoms with Crippen LogP contribution >= 0.6 is 23.2 Å². The van der Waals surface area contributed by atoms with Gasteiger partial charge >= 0.3 is 0 Å². The summed E-state index contributed by atoms with van der Waals surface area (Å²) in [5.41, 5.74) is 1.92. The van der Waals surface area contributed by atoms with Crippen molar-refractivity contribution in [3.8, 4) is 0 Å². The Morgan fingerprint density at radius 3 is 2.04 bits per heavy atom. The summed E-state index contributed by atoms with van der Waals surface area (Å²) in [7, 11) is -3.92. The van der Waals surface area contributed by atoms with Crippen LogP contribution in [0.3, 0.4) is 0 Å². The second kappa shape index (κ2) is 10.3. The Bertz CT molecular complexity index is 889. The Morgan fingerprint density at radius 1 is 1.00 bits per heavy atom. The zero-order valence-corrected chi connectivity index (χ0v) is 18.7. The number of rotatable bonds is 8. The Morgan fingerprint density at radius 2 is 1.54 bits per heavy atom. The summed E-state index contributed by atoms with van der Waals surface area (Å²) in [5, 5.41) is -0.197. The fraction of sp³-hybridized carbons (Fsp3) is 0.381. The van der Waals surface area contributed by atoms with Gasteiger partial charge in [0, 0.05) is 18.1 Å². The monoisotopic (exact) mass is 440 g/mol. The summed E-state index contributed by atoms with van der Waals surface area (Å²) in [6.07, 6.45) is 1.72. The zero-order valence-electron chi connectivity index (χ0n) is 16.4. The first kappa shape index (κ1) is 22.7. The lowest BCUT2D eigenvalue weighted by Gasteiger charge is -2.28. The number of benzene rings is 2. The molecule has 1 atom stereocenters. The molecular weight excluding hydrogens is 415 g/mol. The van der Waals surface area contributed by atoms with E-state index >= 15 is 0 Å². The van der Waals surface area contributed by atoms with Crippen LogP contribution in [0.5, 0.6) is 0 Å². The van der Waals surface area contributed by atoms with Crippen LogP contribution in [-0.2, 0) is 10.0 Å². The van der Waals surface area contributed by atoms with Gasteiger partial charge in [-0.25, -0.2) is 0 Å². The molecule has 7 heteroatoms. The molecule has 0 saturated heterocycles. The Labute approximate surface area is 178 Å². The minimum absolute atomic E-state index is 0.0927. The minimum Gasteiger partial charge on any atom is -0.358 e. The van der Waals surface area contributed by atoms with Crippen LogP contribution in [0.15, 0.2) is 57.8 Å². The third-order valence-electron chi connectivity index (χ3n) is 4.23. The number of hydrogen-bond acceptors (Lipinski definition) is 2. The van der Waals surface area contributed by atoms with Crippen molar-refractivity contribution in [2.75, 3.05) is 13.1 Å². The first-order valence-corrected chi connectivity index (χ1v) is 11.6. The third-order valence-corrected chi connectivity index (χ3v) is 6.23. The van der Waals surface area contributed by atoms with E-state index in [1.807, 2.05) is 49.9 Å². The van der Waals surface area contributed by atoms with Gasteiger partial charge < -0.3 is 4.90 Å². The van der Waals surface area contributed by atoms with E-state index in [4.69, 9.17) is 23.2 Å². The highest BCUT2D eigenvalue weighted by Gasteiger charge is 2.25. The molecule has 2 rings (SSSR count). The Kier molecular flexibility index (Phi) is 8.35. The molecule has 0 bridgehead atoms. The summed E-state index contributed by atoms with van der Waals surface area (Å²) in [5.74, 6) is 0.351. The van der Waals surface area contributed by atoms with Crippen molar-refractivity contribution in [3.63, 3.8) is 0 Å². The van der Waals surface area contributed by atoms with Crippen LogP contribution in [0.4, 0.5) is 0 Å². The minimum atomic E-state index is -3.92. The third kappa shape index (κ3) is 5.97. The van der Waals surface area contributed by atoms with E-state index in [1.54, 1.807) is 0 Å². The molecule has 2 aromatic rings. The first-order valence-electron chi connectivity index (χ1n) is 9.34. The van der Waals surface area contributed by atoms with Crippen LogP contribution in [0, 0.1) is 6.92 Å². The topological polar surface area (TPSA) is 49.7 Å². The van der Waals surface area contributed by atoms with Crippen molar-refractivity contribution >= 4 is 39.1 Å². The van der Waals surface area contributed by atoms with E-state index in [1.165, 1.54) is 24.3 Å². The van der Waals surface area contributed by atoms with Gasteiger partial charge in [-0.2, -0.15) is 8.42 Å². The molecule has 0 saturated carbocycles. The largest absolute Gasteiger partial charge is 0.358 e. The number of sulfonamides is 1. The van der Waals surface area contributed by atoms with Crippen LogP contribution < -0.4 is 0 Å². The number of amidine groups is 1. The lowest BCUT2D eigenvalue weighted by molar-refractivity contribution is 0.410. The van der Waals surface area contributed by atoms with Crippen molar-refractivity contribution in [3.05, 3.63) is 64.7 Å². The van der Waals surface area contributed by atoms with E-state index in [-0.39, 0.29) is 4.90 Å². The molecule has 0 N–H and O–H groups in total. The van der Waals surface area contributed by atoms with Gasteiger partial charge in [0.25, 0.3) is 10.0 Å². The Balaban J connectivity index is 2.53. The average molecular weight is 441 g/mol. The van der Waals surface area contributed by atoms with Gasteiger partial charge in [-0.05, 0) is 49.6 Å². The summed E-state index contributed by atoms with van der Waals surface area (Å²) >= 11 is 12.6. The highest BCUT2D eigenvalue weighted by molar-refractivity contribution is 7.90. The molecule has 0 radical (unpaired) electrons. The zero-order chi connectivity index (χ0) is 20.7. The maximum absolute atomic E-state index is 12.9. The van der Waals surface area contributed by atoms with Crippen molar-refractivity contribution in [2.24, 2.45) is 4.40 Å². The highest BCUT2D eigenvalue weighted by Crippen LogP contribution is 2.27. The van der Waals surface area contributed by atoms with Crippen molar-refractivity contribution in [1.29, 1.82) is 0 Å². The van der Waals surface area contributed by atoms with E-state index < -0.39 is 15.4 Å². The number of alkyl halides is 1. The van der Waals surface area contributed by atoms with Crippen LogP contribution in [0.2, 0.25) is 5.02 Å². The molecule has 28 heavy (non-hydrogen) atoms. The summed E-state index contributed by atoms with van der Waals surface area (Å²) < 4.78 is 30.1. The van der Waals surface area contributed by atoms with Gasteiger partial charge in [0.05, 0.1) is 4.90 Å². The normalized spacial score (nSPS) is 13.4. The molecule has 0 aliphatic heterocycles. The van der Waals surface area contributed by atoms with E-state index in [0.717, 1.165) is 24.0 Å². The SMILES string of the molecule is CCCN(CCC)/C(=N\S(=O)(=O)c1ccc(Cl)cc1)C(Cl)c1ccc(C)cc1. The van der Waals surface area contributed by atoms with Gasteiger partial charge in [-0.3, -0.25) is 0 Å². The van der Waals surface area contributed by atoms with Gasteiger partial charge in [0.15, 0.2) is 0 Å². The van der Waals surface area contributed by atoms with Crippen LogP contribution in [0.1, 0.15) is 43.2 Å². The van der Waals surface area contributed by atoms with Crippen molar-refractivity contribution in [1.82, 2.24) is 4.90 Å². The molecule has 0 fully saturated rings. The molecule has 152 valence electrons. The smallest absolute Gasteiger partial charge is 0.284 e. The van der Waals surface area contributed by atoms with E-state index in [2.05, 4.69) is 4.40 Å². The Hall–Kier alpha value is -1.56. The molecule has 0 aliphatic carbocycles. The van der Waals surface area contributed by atoms with Crippen LogP contribution in [-0.4, -0.2) is 32.2 Å². The molecule has 0 spiro atoms. The molecule has 0 aromatic heterocycles. The molecule has 0 amide bonds. The number of aryl methyl sites for hydroxylation is 1. The predicted octanol–water partition coefficient (Wildman–Crippen LogP) is 5.84. The van der Waals surface area contributed by atoms with Gasteiger partial charge in [0.1, 0.15) is 11.2 Å². The molecular formula is C21H26Cl2N2O2S. The molecule has 4 nitrogen and oxygen atoms in total. The molecule has 0 aliphatic rings. The van der Waals surface area contributed by atoms with Crippen molar-refractivity contribution < 1.29 is 8.42 Å². The average Bonchev–Trinajstić information content (AvgIpc) is 2.66. The highest BCUT2D eigenvalue weighted by atomic mass is 35.5. The summed E-state index contributed by atoms with van der Waals surface area (Å²) in [6.45, 7) is 7.44. The maximum Gasteiger partial charge on any atom is 0.284 e. The van der Waals surface area contributed by atoms with Crippen molar-refractivity contribution in [2.45, 2.75) is 43.9 Å². The quantitative estimate of drug-likeness (QED) is 0.294. The second-order valence-corrected chi connectivity index (χ2v) is 9.12. The number of nitrogens with zero attached hydrogens (tertiary/aromatic N) is 2.